The second-order valence-electron chi connectivity index (χ2n) is 4.18. The number of aliphatic hydroxyl groups is 1. The van der Waals surface area contributed by atoms with Crippen LogP contribution in [0.5, 0.6) is 0 Å². The first-order valence-corrected chi connectivity index (χ1v) is 6.17. The molecular weight excluding hydrogens is 231 g/mol. The molecule has 0 aliphatic carbocycles. The molecule has 1 aromatic carbocycles. The second-order valence-corrected chi connectivity index (χ2v) is 4.18. The maximum absolute atomic E-state index is 13.4. The molecule has 0 aliphatic heterocycles. The molecule has 0 fully saturated rings. The zero-order valence-corrected chi connectivity index (χ0v) is 10.9. The van der Waals surface area contributed by atoms with Gasteiger partial charge in [0.1, 0.15) is 12.4 Å². The van der Waals surface area contributed by atoms with Crippen LogP contribution in [-0.4, -0.2) is 17.8 Å². The highest BCUT2D eigenvalue weighted by atomic mass is 19.1. The van der Waals surface area contributed by atoms with Crippen molar-refractivity contribution in [2.24, 2.45) is 0 Å². The van der Waals surface area contributed by atoms with E-state index in [9.17, 15) is 4.39 Å². The van der Waals surface area contributed by atoms with Crippen LogP contribution in [0.1, 0.15) is 37.8 Å². The topological polar surface area (TPSA) is 29.5 Å². The van der Waals surface area contributed by atoms with Crippen LogP contribution in [-0.2, 0) is 11.3 Å². The van der Waals surface area contributed by atoms with Gasteiger partial charge in [0.25, 0.3) is 0 Å². The molecular formula is C15H19FO2. The zero-order valence-electron chi connectivity index (χ0n) is 10.9. The first-order chi connectivity index (χ1) is 8.67. The molecule has 0 radical (unpaired) electrons. The fraction of sp³-hybridized carbons (Fsp3) is 0.467. The van der Waals surface area contributed by atoms with E-state index in [4.69, 9.17) is 9.84 Å². The number of ether oxygens (including phenoxy) is 1. The third-order valence-corrected chi connectivity index (χ3v) is 2.56. The van der Waals surface area contributed by atoms with Crippen molar-refractivity contribution < 1.29 is 14.2 Å². The van der Waals surface area contributed by atoms with Crippen LogP contribution in [0.2, 0.25) is 0 Å². The van der Waals surface area contributed by atoms with Crippen molar-refractivity contribution in [3.63, 3.8) is 0 Å². The summed E-state index contributed by atoms with van der Waals surface area (Å²) in [5.74, 6) is 4.65. The van der Waals surface area contributed by atoms with Gasteiger partial charge in [-0.2, -0.15) is 0 Å². The zero-order chi connectivity index (χ0) is 13.4. The fourth-order valence-corrected chi connectivity index (χ4v) is 1.62. The average Bonchev–Trinajstić information content (AvgIpc) is 2.36. The molecule has 0 spiro atoms. The highest BCUT2D eigenvalue weighted by molar-refractivity contribution is 5.38. The van der Waals surface area contributed by atoms with Crippen molar-refractivity contribution in [3.8, 4) is 11.8 Å². The van der Waals surface area contributed by atoms with Crippen molar-refractivity contribution in [1.29, 1.82) is 0 Å². The molecule has 0 bridgehead atoms. The molecule has 0 amide bonds. The van der Waals surface area contributed by atoms with Gasteiger partial charge in [-0.3, -0.25) is 0 Å². The molecule has 0 saturated carbocycles. The van der Waals surface area contributed by atoms with Crippen LogP contribution < -0.4 is 0 Å². The maximum Gasteiger partial charge on any atom is 0.138 e. The van der Waals surface area contributed by atoms with Gasteiger partial charge in [0.15, 0.2) is 0 Å². The number of rotatable bonds is 5. The van der Waals surface area contributed by atoms with E-state index in [2.05, 4.69) is 18.8 Å². The standard InChI is InChI=1S/C15H19FO2/c1-3-5-12(2)18-11-13-7-8-15(16)14(10-13)6-4-9-17/h7-8,10,12,17H,3,5,9,11H2,1-2H3. The predicted molar refractivity (Wildman–Crippen MR) is 69.5 cm³/mol. The lowest BCUT2D eigenvalue weighted by Gasteiger charge is -2.12. The lowest BCUT2D eigenvalue weighted by molar-refractivity contribution is 0.0471. The van der Waals surface area contributed by atoms with E-state index in [1.54, 1.807) is 12.1 Å². The molecule has 0 saturated heterocycles. The Hall–Kier alpha value is -1.37. The Morgan fingerprint density at radius 3 is 2.89 bits per heavy atom. The lowest BCUT2D eigenvalue weighted by atomic mass is 10.1. The highest BCUT2D eigenvalue weighted by Crippen LogP contribution is 2.12. The quantitative estimate of drug-likeness (QED) is 0.814. The Balaban J connectivity index is 2.67. The number of benzene rings is 1. The van der Waals surface area contributed by atoms with Crippen molar-refractivity contribution in [1.82, 2.24) is 0 Å². The third kappa shape index (κ3) is 4.87. The summed E-state index contributed by atoms with van der Waals surface area (Å²) in [5, 5.41) is 8.60. The summed E-state index contributed by atoms with van der Waals surface area (Å²) in [5.41, 5.74) is 1.19. The maximum atomic E-state index is 13.4. The van der Waals surface area contributed by atoms with Gasteiger partial charge in [0.05, 0.1) is 18.3 Å². The summed E-state index contributed by atoms with van der Waals surface area (Å²) in [4.78, 5) is 0. The summed E-state index contributed by atoms with van der Waals surface area (Å²) < 4.78 is 19.0. The van der Waals surface area contributed by atoms with Gasteiger partial charge in [-0.25, -0.2) is 4.39 Å². The van der Waals surface area contributed by atoms with Crippen LogP contribution in [0, 0.1) is 17.7 Å². The molecule has 3 heteroatoms. The fourth-order valence-electron chi connectivity index (χ4n) is 1.62. The number of halogens is 1. The minimum Gasteiger partial charge on any atom is -0.384 e. The van der Waals surface area contributed by atoms with Crippen LogP contribution in [0.4, 0.5) is 4.39 Å². The normalized spacial score (nSPS) is 11.8. The van der Waals surface area contributed by atoms with Crippen LogP contribution in [0.15, 0.2) is 18.2 Å². The van der Waals surface area contributed by atoms with Crippen LogP contribution in [0.3, 0.4) is 0 Å². The Bertz CT molecular complexity index is 432. The van der Waals surface area contributed by atoms with E-state index in [0.29, 0.717) is 12.2 Å². The minimum absolute atomic E-state index is 0.201. The number of hydrogen-bond donors (Lipinski definition) is 1. The predicted octanol–water partition coefficient (Wildman–Crippen LogP) is 2.87. The van der Waals surface area contributed by atoms with Gasteiger partial charge in [0, 0.05) is 0 Å². The average molecular weight is 250 g/mol. The van der Waals surface area contributed by atoms with Crippen molar-refractivity contribution >= 4 is 0 Å². The molecule has 1 N–H and O–H groups in total. The Morgan fingerprint density at radius 2 is 2.22 bits per heavy atom. The molecule has 1 atom stereocenters. The monoisotopic (exact) mass is 250 g/mol. The van der Waals surface area contributed by atoms with E-state index >= 15 is 0 Å². The van der Waals surface area contributed by atoms with Crippen molar-refractivity contribution in [2.45, 2.75) is 39.4 Å². The molecule has 0 aromatic heterocycles. The molecule has 1 aromatic rings. The molecule has 2 nitrogen and oxygen atoms in total. The van der Waals surface area contributed by atoms with E-state index in [1.807, 2.05) is 6.92 Å². The van der Waals surface area contributed by atoms with E-state index < -0.39 is 0 Å². The molecule has 0 aliphatic rings. The number of aliphatic hydroxyl groups excluding tert-OH is 1. The lowest BCUT2D eigenvalue weighted by Crippen LogP contribution is -2.07. The molecule has 1 unspecified atom stereocenters. The van der Waals surface area contributed by atoms with Gasteiger partial charge < -0.3 is 9.84 Å². The van der Waals surface area contributed by atoms with Crippen LogP contribution in [0.25, 0.3) is 0 Å². The van der Waals surface area contributed by atoms with Crippen molar-refractivity contribution in [3.05, 3.63) is 35.1 Å². The SMILES string of the molecule is CCCC(C)OCc1ccc(F)c(C#CCO)c1. The van der Waals surface area contributed by atoms with Crippen LogP contribution >= 0.6 is 0 Å². The molecule has 98 valence electrons. The first-order valence-electron chi connectivity index (χ1n) is 6.17. The Kier molecular flexibility index (Phi) is 6.42. The smallest absolute Gasteiger partial charge is 0.138 e. The summed E-state index contributed by atoms with van der Waals surface area (Å²) >= 11 is 0. The van der Waals surface area contributed by atoms with E-state index in [1.165, 1.54) is 6.07 Å². The Morgan fingerprint density at radius 1 is 1.44 bits per heavy atom. The van der Waals surface area contributed by atoms with Gasteiger partial charge >= 0.3 is 0 Å². The van der Waals surface area contributed by atoms with Gasteiger partial charge in [0.2, 0.25) is 0 Å². The first kappa shape index (κ1) is 14.7. The molecule has 0 heterocycles. The highest BCUT2D eigenvalue weighted by Gasteiger charge is 2.04. The van der Waals surface area contributed by atoms with E-state index in [0.717, 1.165) is 18.4 Å². The van der Waals surface area contributed by atoms with Crippen molar-refractivity contribution in [2.75, 3.05) is 6.61 Å². The molecule has 18 heavy (non-hydrogen) atoms. The van der Waals surface area contributed by atoms with Gasteiger partial charge in [-0.05, 0) is 31.0 Å². The van der Waals surface area contributed by atoms with Gasteiger partial charge in [-0.1, -0.05) is 31.3 Å². The minimum atomic E-state index is -0.374. The summed E-state index contributed by atoms with van der Waals surface area (Å²) in [7, 11) is 0. The van der Waals surface area contributed by atoms with E-state index in [-0.39, 0.29) is 18.5 Å². The Labute approximate surface area is 108 Å². The number of hydrogen-bond acceptors (Lipinski definition) is 2. The summed E-state index contributed by atoms with van der Waals surface area (Å²) in [6.07, 6.45) is 2.29. The second kappa shape index (κ2) is 7.86. The third-order valence-electron chi connectivity index (χ3n) is 2.56. The summed E-state index contributed by atoms with van der Waals surface area (Å²) in [6.45, 7) is 4.32. The summed E-state index contributed by atoms with van der Waals surface area (Å²) in [6, 6.07) is 4.74. The molecule has 1 rings (SSSR count). The largest absolute Gasteiger partial charge is 0.384 e. The van der Waals surface area contributed by atoms with Gasteiger partial charge in [-0.15, -0.1) is 0 Å².